The van der Waals surface area contributed by atoms with E-state index in [-0.39, 0.29) is 76.9 Å². The van der Waals surface area contributed by atoms with Crippen LogP contribution in [-0.2, 0) is 77.9 Å². The lowest BCUT2D eigenvalue weighted by Gasteiger charge is -2.48. The second kappa shape index (κ2) is 28.7. The Bertz CT molecular complexity index is 3250. The third kappa shape index (κ3) is 19.1. The van der Waals surface area contributed by atoms with Crippen LogP contribution >= 0.6 is 0 Å². The Labute approximate surface area is 558 Å². The molecule has 0 aromatic heterocycles. The fraction of sp³-hybridized carbons (Fsp3) is 0.600. The van der Waals surface area contributed by atoms with Gasteiger partial charge in [0, 0.05) is 29.6 Å². The number of phenols is 5. The van der Waals surface area contributed by atoms with Crippen molar-refractivity contribution in [3.05, 3.63) is 144 Å². The molecule has 5 aromatic rings. The molecular formula is C80H116O13. The second-order valence-electron chi connectivity index (χ2n) is 33.9. The summed E-state index contributed by atoms with van der Waals surface area (Å²) in [6, 6.07) is 20.1. The molecule has 1 unspecified atom stereocenters. The van der Waals surface area contributed by atoms with E-state index in [1.54, 1.807) is 0 Å². The fourth-order valence-electron chi connectivity index (χ4n) is 12.8. The van der Waals surface area contributed by atoms with Crippen molar-refractivity contribution in [3.63, 3.8) is 0 Å². The highest BCUT2D eigenvalue weighted by Gasteiger charge is 2.48. The Kier molecular flexibility index (Phi) is 23.4. The molecule has 13 heteroatoms. The molecule has 0 bridgehead atoms. The summed E-state index contributed by atoms with van der Waals surface area (Å²) in [5, 5.41) is 53.6. The van der Waals surface area contributed by atoms with Gasteiger partial charge in [0.05, 0.1) is 31.8 Å². The first-order chi connectivity index (χ1) is 42.5. The molecule has 0 amide bonds. The van der Waals surface area contributed by atoms with E-state index in [2.05, 4.69) is 150 Å². The molecule has 514 valence electrons. The van der Waals surface area contributed by atoms with Gasteiger partial charge in [0.1, 0.15) is 42.0 Å². The third-order valence-corrected chi connectivity index (χ3v) is 18.7. The van der Waals surface area contributed by atoms with E-state index >= 15 is 0 Å². The number of benzene rings is 5. The topological polar surface area (TPSA) is 191 Å². The predicted molar refractivity (Wildman–Crippen MR) is 373 cm³/mol. The maximum absolute atomic E-state index is 12.7. The van der Waals surface area contributed by atoms with Crippen LogP contribution in [0.1, 0.15) is 253 Å². The van der Waals surface area contributed by atoms with Crippen molar-refractivity contribution in [1.82, 2.24) is 0 Å². The van der Waals surface area contributed by atoms with Crippen molar-refractivity contribution < 1.29 is 63.5 Å². The normalized spacial score (nSPS) is 18.1. The molecule has 93 heavy (non-hydrogen) atoms. The summed E-state index contributed by atoms with van der Waals surface area (Å²) in [6.07, 6.45) is 1.18. The van der Waals surface area contributed by atoms with E-state index in [0.717, 1.165) is 73.2 Å². The van der Waals surface area contributed by atoms with Gasteiger partial charge in [0.2, 0.25) is 0 Å². The molecule has 0 saturated carbocycles. The molecular weight excluding hydrogens is 1170 g/mol. The monoisotopic (exact) mass is 1280 g/mol. The molecule has 5 aromatic carbocycles. The Morgan fingerprint density at radius 1 is 0.430 bits per heavy atom. The fourth-order valence-corrected chi connectivity index (χ4v) is 12.8. The highest BCUT2D eigenvalue weighted by molar-refractivity contribution is 5.70. The lowest BCUT2D eigenvalue weighted by molar-refractivity contribution is -0.337. The molecule has 5 N–H and O–H groups in total. The van der Waals surface area contributed by atoms with Gasteiger partial charge >= 0.3 is 11.9 Å². The molecule has 13 nitrogen and oxygen atoms in total. The van der Waals surface area contributed by atoms with Gasteiger partial charge in [-0.2, -0.15) is 0 Å². The van der Waals surface area contributed by atoms with Crippen molar-refractivity contribution in [2.24, 2.45) is 16.2 Å². The van der Waals surface area contributed by atoms with Crippen molar-refractivity contribution in [2.75, 3.05) is 39.6 Å². The summed E-state index contributed by atoms with van der Waals surface area (Å²) in [5.41, 5.74) is 12.3. The van der Waals surface area contributed by atoms with Gasteiger partial charge in [0.15, 0.2) is 12.6 Å². The number of ether oxygens (including phenoxy) is 6. The number of esters is 2. The molecule has 2 aliphatic heterocycles. The van der Waals surface area contributed by atoms with Gasteiger partial charge in [-0.25, -0.2) is 0 Å². The molecule has 2 heterocycles. The minimum Gasteiger partial charge on any atom is -0.508 e. The van der Waals surface area contributed by atoms with Crippen molar-refractivity contribution in [2.45, 2.75) is 257 Å². The SMILES string of the molecule is Cc1cc(CCC(=O)OCC(C)(C)C2OCC3(CO2)COC(C(C)(C)COC(=O)CCc2cc(C)c(O)c(C(C)(C)C)c2)OC3)cc(C(C)(C)C)c1O.Cc1cc(O)c(C(C)(C)C)cc1C(C)CC(c1cc(C(C)(C)C)c(O)cc1C)c1cc(C(C)(C)C)c(O)cc1C. The number of aryl methyl sites for hydroxylation is 7. The first kappa shape index (κ1) is 75.9. The number of carbonyl (C=O) groups is 2. The lowest BCUT2D eigenvalue weighted by Crippen LogP contribution is -2.57. The highest BCUT2D eigenvalue weighted by Crippen LogP contribution is 2.47. The zero-order valence-electron chi connectivity index (χ0n) is 61.4. The van der Waals surface area contributed by atoms with Crippen LogP contribution in [0.25, 0.3) is 0 Å². The average molecular weight is 1290 g/mol. The number of aromatic hydroxyl groups is 5. The first-order valence-corrected chi connectivity index (χ1v) is 33.5. The van der Waals surface area contributed by atoms with Crippen LogP contribution in [0, 0.1) is 50.9 Å². The van der Waals surface area contributed by atoms with Gasteiger partial charge < -0.3 is 54.0 Å². The minimum atomic E-state index is -0.591. The van der Waals surface area contributed by atoms with Crippen LogP contribution in [0.15, 0.2) is 60.7 Å². The second-order valence-corrected chi connectivity index (χ2v) is 33.9. The van der Waals surface area contributed by atoms with Gasteiger partial charge in [-0.15, -0.1) is 0 Å². The van der Waals surface area contributed by atoms with Gasteiger partial charge in [-0.1, -0.05) is 181 Å². The van der Waals surface area contributed by atoms with Crippen molar-refractivity contribution >= 4 is 11.9 Å². The number of rotatable bonds is 17. The molecule has 1 atom stereocenters. The summed E-state index contributed by atoms with van der Waals surface area (Å²) in [6.45, 7) is 53.3. The standard InChI is InChI=1S/C43H64O10.C37H52O3/c1-27-17-29(19-31(35(27)46)39(3,4)5)13-15-33(44)48-21-41(9,10)37-50-23-43(24-51-37)25-52-38(53-26-43)42(11,12)22-49-34(45)16-14-30-18-28(2)36(47)32(20-30)40(6,7)8;1-21(25-18-29(35(5,6)7)32(38)15-22(25)2)14-28(26-19-30(36(8,9)10)33(39)16-23(26)3)27-20-31(37(11,12)13)34(40)17-24(27)4/h17-20,37-38,46-47H,13-16,21-26H2,1-12H3;15-21,28,38-40H,14H2,1-13H3. The summed E-state index contributed by atoms with van der Waals surface area (Å²) < 4.78 is 36.1. The third-order valence-electron chi connectivity index (χ3n) is 18.7. The quantitative estimate of drug-likeness (QED) is 0.0553. The van der Waals surface area contributed by atoms with Gasteiger partial charge in [-0.3, -0.25) is 9.59 Å². The molecule has 2 saturated heterocycles. The van der Waals surface area contributed by atoms with Crippen molar-refractivity contribution in [1.29, 1.82) is 0 Å². The molecule has 2 aliphatic rings. The summed E-state index contributed by atoms with van der Waals surface area (Å²) in [7, 11) is 0. The summed E-state index contributed by atoms with van der Waals surface area (Å²) >= 11 is 0. The van der Waals surface area contributed by atoms with Crippen LogP contribution in [0.5, 0.6) is 28.7 Å². The Morgan fingerprint density at radius 3 is 1.02 bits per heavy atom. The van der Waals surface area contributed by atoms with Crippen LogP contribution in [-0.4, -0.2) is 89.7 Å². The van der Waals surface area contributed by atoms with E-state index in [4.69, 9.17) is 28.4 Å². The van der Waals surface area contributed by atoms with Crippen molar-refractivity contribution in [3.8, 4) is 28.7 Å². The number of hydrogen-bond donors (Lipinski definition) is 5. The maximum atomic E-state index is 12.7. The molecule has 7 rings (SSSR count). The molecule has 2 fully saturated rings. The van der Waals surface area contributed by atoms with Crippen LogP contribution < -0.4 is 0 Å². The zero-order valence-corrected chi connectivity index (χ0v) is 61.4. The number of hydrogen-bond acceptors (Lipinski definition) is 13. The Balaban J connectivity index is 0.000000307. The number of carbonyl (C=O) groups excluding carboxylic acids is 2. The van der Waals surface area contributed by atoms with Crippen LogP contribution in [0.4, 0.5) is 0 Å². The predicted octanol–water partition coefficient (Wildman–Crippen LogP) is 17.7. The summed E-state index contributed by atoms with van der Waals surface area (Å²) in [5.74, 6) is 1.27. The zero-order chi connectivity index (χ0) is 70.1. The molecule has 0 aliphatic carbocycles. The van der Waals surface area contributed by atoms with E-state index in [1.807, 2.05) is 84.0 Å². The molecule has 1 spiro atoms. The summed E-state index contributed by atoms with van der Waals surface area (Å²) in [4.78, 5) is 25.5. The minimum absolute atomic E-state index is 0.0460. The van der Waals surface area contributed by atoms with E-state index in [0.29, 0.717) is 68.0 Å². The Morgan fingerprint density at radius 2 is 0.720 bits per heavy atom. The van der Waals surface area contributed by atoms with E-state index < -0.39 is 28.8 Å². The lowest BCUT2D eigenvalue weighted by atomic mass is 9.74. The van der Waals surface area contributed by atoms with E-state index in [1.165, 1.54) is 16.7 Å². The average Bonchev–Trinajstić information content (AvgIpc) is 0.785. The largest absolute Gasteiger partial charge is 0.508 e. The van der Waals surface area contributed by atoms with Gasteiger partial charge in [0.25, 0.3) is 0 Å². The van der Waals surface area contributed by atoms with Gasteiger partial charge in [-0.05, 0) is 189 Å². The van der Waals surface area contributed by atoms with Crippen LogP contribution in [0.3, 0.4) is 0 Å². The Hall–Kier alpha value is -6.12. The van der Waals surface area contributed by atoms with Crippen LogP contribution in [0.2, 0.25) is 0 Å². The number of phenolic OH excluding ortho intramolecular Hbond substituents is 5. The first-order valence-electron chi connectivity index (χ1n) is 33.5. The highest BCUT2D eigenvalue weighted by atomic mass is 16.7. The smallest absolute Gasteiger partial charge is 0.306 e. The molecule has 0 radical (unpaired) electrons. The maximum Gasteiger partial charge on any atom is 0.306 e. The van der Waals surface area contributed by atoms with E-state index in [9.17, 15) is 35.1 Å².